The van der Waals surface area contributed by atoms with Crippen molar-refractivity contribution in [1.82, 2.24) is 30.0 Å². The van der Waals surface area contributed by atoms with Gasteiger partial charge in [0.15, 0.2) is 0 Å². The van der Waals surface area contributed by atoms with Gasteiger partial charge in [-0.1, -0.05) is 0 Å². The van der Waals surface area contributed by atoms with Crippen LogP contribution < -0.4 is 10.2 Å². The molecule has 0 unspecified atom stereocenters. The fourth-order valence-corrected chi connectivity index (χ4v) is 4.32. The number of ether oxygens (including phenoxy) is 3. The molecule has 0 aliphatic carbocycles. The van der Waals surface area contributed by atoms with E-state index in [1.165, 1.54) is 0 Å². The predicted molar refractivity (Wildman–Crippen MR) is 154 cm³/mol. The lowest BCUT2D eigenvalue weighted by Crippen LogP contribution is -2.49. The Kier molecular flexibility index (Phi) is 11.7. The highest BCUT2D eigenvalue weighted by atomic mass is 16.6. The second-order valence-electron chi connectivity index (χ2n) is 12.3. The number of hydrogen-bond donors (Lipinski definition) is 1. The van der Waals surface area contributed by atoms with Crippen molar-refractivity contribution in [1.29, 1.82) is 0 Å². The van der Waals surface area contributed by atoms with Crippen LogP contribution in [0.2, 0.25) is 0 Å². The molecule has 1 aromatic heterocycles. The Morgan fingerprint density at radius 3 is 1.95 bits per heavy atom. The van der Waals surface area contributed by atoms with Gasteiger partial charge in [-0.25, -0.2) is 24.5 Å². The Hall–Kier alpha value is -3.03. The van der Waals surface area contributed by atoms with E-state index in [4.69, 9.17) is 14.2 Å². The SMILES string of the molecule is CC(C)(C)OC(=O)N(Cc1cnc(N2CCN(C(=O)CCOCCN3CCNCC3)CC2)nc1)C(=O)OC(C)(C)C. The maximum atomic E-state index is 12.8. The highest BCUT2D eigenvalue weighted by molar-refractivity contribution is 5.88. The summed E-state index contributed by atoms with van der Waals surface area (Å²) in [6.07, 6.45) is 1.93. The number of piperazine rings is 2. The third-order valence-electron chi connectivity index (χ3n) is 6.40. The summed E-state index contributed by atoms with van der Waals surface area (Å²) in [6, 6.07) is 0. The molecule has 1 N–H and O–H groups in total. The highest BCUT2D eigenvalue weighted by Crippen LogP contribution is 2.18. The van der Waals surface area contributed by atoms with E-state index in [9.17, 15) is 14.4 Å². The lowest BCUT2D eigenvalue weighted by molar-refractivity contribution is -0.132. The number of carbonyl (C=O) groups excluding carboxylic acids is 3. The first-order valence-electron chi connectivity index (χ1n) is 14.4. The summed E-state index contributed by atoms with van der Waals surface area (Å²) >= 11 is 0. The standard InChI is InChI=1S/C28H47N7O6/c1-27(2,3)40-25(37)35(26(38)41-28(4,5)6)21-22-19-30-24(31-20-22)34-14-12-33(13-15-34)23(36)7-17-39-18-16-32-10-8-29-9-11-32/h19-20,29H,7-18,21H2,1-6H3. The van der Waals surface area contributed by atoms with Gasteiger partial charge in [-0.05, 0) is 41.5 Å². The first kappa shape index (κ1) is 32.5. The van der Waals surface area contributed by atoms with Gasteiger partial charge in [0.2, 0.25) is 11.9 Å². The molecule has 2 saturated heterocycles. The third-order valence-corrected chi connectivity index (χ3v) is 6.40. The summed E-state index contributed by atoms with van der Waals surface area (Å²) in [7, 11) is 0. The summed E-state index contributed by atoms with van der Waals surface area (Å²) in [5, 5.41) is 3.33. The molecule has 0 spiro atoms. The van der Waals surface area contributed by atoms with Crippen LogP contribution in [0.4, 0.5) is 15.5 Å². The van der Waals surface area contributed by atoms with Crippen molar-refractivity contribution in [2.24, 2.45) is 0 Å². The van der Waals surface area contributed by atoms with Crippen LogP contribution in [0.3, 0.4) is 0 Å². The quantitative estimate of drug-likeness (QED) is 0.433. The zero-order chi connectivity index (χ0) is 30.0. The summed E-state index contributed by atoms with van der Waals surface area (Å²) in [4.78, 5) is 54.2. The molecule has 0 aromatic carbocycles. The second-order valence-corrected chi connectivity index (χ2v) is 12.3. The Balaban J connectivity index is 1.45. The number of hydrogen-bond acceptors (Lipinski definition) is 11. The molecule has 0 bridgehead atoms. The minimum Gasteiger partial charge on any atom is -0.443 e. The smallest absolute Gasteiger partial charge is 0.420 e. The molecule has 3 heterocycles. The Labute approximate surface area is 243 Å². The number of imide groups is 1. The Morgan fingerprint density at radius 2 is 1.41 bits per heavy atom. The minimum atomic E-state index is -0.804. The number of carbonyl (C=O) groups is 3. The number of nitrogens with zero attached hydrogens (tertiary/aromatic N) is 6. The molecule has 230 valence electrons. The summed E-state index contributed by atoms with van der Waals surface area (Å²) in [5.41, 5.74) is -1.01. The molecule has 2 aliphatic heterocycles. The van der Waals surface area contributed by atoms with Crippen LogP contribution >= 0.6 is 0 Å². The van der Waals surface area contributed by atoms with Gasteiger partial charge in [0.25, 0.3) is 0 Å². The van der Waals surface area contributed by atoms with E-state index < -0.39 is 23.4 Å². The van der Waals surface area contributed by atoms with Gasteiger partial charge < -0.3 is 29.3 Å². The first-order valence-corrected chi connectivity index (χ1v) is 14.4. The second kappa shape index (κ2) is 14.7. The molecule has 0 radical (unpaired) electrons. The average Bonchev–Trinajstić information content (AvgIpc) is 2.90. The van der Waals surface area contributed by atoms with Gasteiger partial charge in [-0.15, -0.1) is 0 Å². The van der Waals surface area contributed by atoms with E-state index in [0.717, 1.165) is 37.6 Å². The monoisotopic (exact) mass is 577 g/mol. The summed E-state index contributed by atoms with van der Waals surface area (Å²) in [6.45, 7) is 18.7. The molecule has 3 rings (SSSR count). The lowest BCUT2D eigenvalue weighted by atomic mass is 10.2. The van der Waals surface area contributed by atoms with Gasteiger partial charge in [-0.3, -0.25) is 9.69 Å². The van der Waals surface area contributed by atoms with E-state index in [1.807, 2.05) is 9.80 Å². The molecule has 1 aromatic rings. The summed E-state index contributed by atoms with van der Waals surface area (Å²) in [5.74, 6) is 0.616. The summed E-state index contributed by atoms with van der Waals surface area (Å²) < 4.78 is 16.5. The first-order chi connectivity index (χ1) is 19.3. The molecule has 41 heavy (non-hydrogen) atoms. The highest BCUT2D eigenvalue weighted by Gasteiger charge is 2.31. The lowest BCUT2D eigenvalue weighted by Gasteiger charge is -2.34. The predicted octanol–water partition coefficient (Wildman–Crippen LogP) is 2.11. The van der Waals surface area contributed by atoms with Crippen LogP contribution in [0.5, 0.6) is 0 Å². The van der Waals surface area contributed by atoms with Crippen LogP contribution in [0.15, 0.2) is 12.4 Å². The molecule has 13 heteroatoms. The number of nitrogens with one attached hydrogen (secondary N) is 1. The van der Waals surface area contributed by atoms with Crippen LogP contribution in [-0.2, 0) is 25.5 Å². The van der Waals surface area contributed by atoms with Crippen LogP contribution in [0.25, 0.3) is 0 Å². The van der Waals surface area contributed by atoms with Crippen molar-refractivity contribution in [3.05, 3.63) is 18.0 Å². The van der Waals surface area contributed by atoms with Crippen LogP contribution in [0, 0.1) is 0 Å². The van der Waals surface area contributed by atoms with Crippen LogP contribution in [0.1, 0.15) is 53.5 Å². The van der Waals surface area contributed by atoms with Gasteiger partial charge in [0.05, 0.1) is 26.2 Å². The average molecular weight is 578 g/mol. The van der Waals surface area contributed by atoms with Gasteiger partial charge in [0, 0.05) is 76.9 Å². The van der Waals surface area contributed by atoms with E-state index in [0.29, 0.717) is 57.3 Å². The largest absolute Gasteiger partial charge is 0.443 e. The normalized spacial score (nSPS) is 16.8. The zero-order valence-electron chi connectivity index (χ0n) is 25.5. The van der Waals surface area contributed by atoms with Crippen molar-refractivity contribution in [2.75, 3.05) is 77.0 Å². The number of amides is 3. The molecular formula is C28H47N7O6. The molecule has 2 fully saturated rings. The zero-order valence-corrected chi connectivity index (χ0v) is 25.5. The van der Waals surface area contributed by atoms with E-state index >= 15 is 0 Å². The molecule has 0 atom stereocenters. The molecule has 0 saturated carbocycles. The minimum absolute atomic E-state index is 0.0902. The van der Waals surface area contributed by atoms with Crippen molar-refractivity contribution < 1.29 is 28.6 Å². The maximum Gasteiger partial charge on any atom is 0.420 e. The van der Waals surface area contributed by atoms with Crippen molar-refractivity contribution >= 4 is 24.0 Å². The van der Waals surface area contributed by atoms with E-state index in [1.54, 1.807) is 53.9 Å². The number of anilines is 1. The topological polar surface area (TPSA) is 130 Å². The molecule has 3 amide bonds. The van der Waals surface area contributed by atoms with Gasteiger partial charge >= 0.3 is 12.2 Å². The third kappa shape index (κ3) is 11.4. The Morgan fingerprint density at radius 1 is 0.854 bits per heavy atom. The van der Waals surface area contributed by atoms with E-state index in [2.05, 4.69) is 20.2 Å². The van der Waals surface area contributed by atoms with Crippen molar-refractivity contribution in [3.63, 3.8) is 0 Å². The number of aromatic nitrogens is 2. The van der Waals surface area contributed by atoms with Crippen molar-refractivity contribution in [3.8, 4) is 0 Å². The molecule has 2 aliphatic rings. The number of rotatable bonds is 9. The molecular weight excluding hydrogens is 530 g/mol. The van der Waals surface area contributed by atoms with Crippen molar-refractivity contribution in [2.45, 2.75) is 65.7 Å². The Bertz CT molecular complexity index is 967. The van der Waals surface area contributed by atoms with Gasteiger partial charge in [-0.2, -0.15) is 0 Å². The van der Waals surface area contributed by atoms with Crippen LogP contribution in [-0.4, -0.2) is 126 Å². The maximum absolute atomic E-state index is 12.8. The fourth-order valence-electron chi connectivity index (χ4n) is 4.32. The fraction of sp³-hybridized carbons (Fsp3) is 0.750. The van der Waals surface area contributed by atoms with E-state index in [-0.39, 0.29) is 12.5 Å². The molecule has 13 nitrogen and oxygen atoms in total. The van der Waals surface area contributed by atoms with Gasteiger partial charge in [0.1, 0.15) is 11.2 Å².